The van der Waals surface area contributed by atoms with E-state index in [1.807, 2.05) is 0 Å². The van der Waals surface area contributed by atoms with Gasteiger partial charge in [-0.15, -0.1) is 0 Å². The molecule has 0 heterocycles. The summed E-state index contributed by atoms with van der Waals surface area (Å²) in [4.78, 5) is 0.157. The molecule has 0 bridgehead atoms. The van der Waals surface area contributed by atoms with Gasteiger partial charge in [0.1, 0.15) is 0 Å². The molecule has 0 saturated carbocycles. The summed E-state index contributed by atoms with van der Waals surface area (Å²) in [7, 11) is -3.59. The van der Waals surface area contributed by atoms with Gasteiger partial charge in [-0.3, -0.25) is 0 Å². The maximum absolute atomic E-state index is 11.1. The minimum absolute atomic E-state index is 0.157. The van der Waals surface area contributed by atoms with Crippen LogP contribution in [0.1, 0.15) is 39.2 Å². The van der Waals surface area contributed by atoms with E-state index >= 15 is 0 Å². The van der Waals surface area contributed by atoms with E-state index in [2.05, 4.69) is 26.1 Å². The van der Waals surface area contributed by atoms with E-state index in [1.54, 1.807) is 24.3 Å². The fourth-order valence-corrected chi connectivity index (χ4v) is 2.29. The lowest BCUT2D eigenvalue weighted by Crippen LogP contribution is -2.25. The highest BCUT2D eigenvalue weighted by Gasteiger charge is 2.07. The monoisotopic (exact) mass is 284 g/mol. The second kappa shape index (κ2) is 7.03. The quantitative estimate of drug-likeness (QED) is 0.806. The van der Waals surface area contributed by atoms with Crippen LogP contribution in [0.4, 0.5) is 0 Å². The molecule has 4 nitrogen and oxygen atoms in total. The third-order valence-corrected chi connectivity index (χ3v) is 4.01. The molecule has 0 aliphatic rings. The second-order valence-electron chi connectivity index (χ2n) is 5.44. The largest absolute Gasteiger partial charge is 0.310 e. The van der Waals surface area contributed by atoms with Gasteiger partial charge >= 0.3 is 0 Å². The third-order valence-electron chi connectivity index (χ3n) is 3.08. The first-order valence-corrected chi connectivity index (χ1v) is 8.19. The molecule has 19 heavy (non-hydrogen) atoms. The molecule has 0 aliphatic carbocycles. The lowest BCUT2D eigenvalue weighted by atomic mass is 10.0. The van der Waals surface area contributed by atoms with Crippen molar-refractivity contribution in [2.45, 2.75) is 51.1 Å². The van der Waals surface area contributed by atoms with E-state index in [0.717, 1.165) is 24.4 Å². The molecule has 1 atom stereocenters. The van der Waals surface area contributed by atoms with Crippen LogP contribution in [-0.2, 0) is 16.6 Å². The zero-order valence-electron chi connectivity index (χ0n) is 11.9. The molecule has 0 aliphatic heterocycles. The summed E-state index contributed by atoms with van der Waals surface area (Å²) < 4.78 is 22.2. The predicted octanol–water partition coefficient (Wildman–Crippen LogP) is 2.25. The van der Waals surface area contributed by atoms with Crippen LogP contribution in [0.25, 0.3) is 0 Å². The Morgan fingerprint density at radius 3 is 2.16 bits per heavy atom. The highest BCUT2D eigenvalue weighted by atomic mass is 32.2. The number of nitrogens with two attached hydrogens (primary N) is 1. The van der Waals surface area contributed by atoms with Crippen molar-refractivity contribution >= 4 is 10.0 Å². The minimum atomic E-state index is -3.59. The standard InChI is InChI=1S/C14H24N2O2S/c1-11(2)4-5-12(3)16-10-13-6-8-14(9-7-13)19(15,17)18/h6-9,11-12,16H,4-5,10H2,1-3H3,(H2,15,17,18). The number of hydrogen-bond donors (Lipinski definition) is 2. The van der Waals surface area contributed by atoms with Crippen molar-refractivity contribution in [1.82, 2.24) is 5.32 Å². The van der Waals surface area contributed by atoms with Gasteiger partial charge in [0.05, 0.1) is 4.90 Å². The molecule has 0 spiro atoms. The smallest absolute Gasteiger partial charge is 0.238 e. The van der Waals surface area contributed by atoms with Gasteiger partial charge in [0, 0.05) is 12.6 Å². The Morgan fingerprint density at radius 1 is 1.11 bits per heavy atom. The molecule has 1 aromatic rings. The number of hydrogen-bond acceptors (Lipinski definition) is 3. The van der Waals surface area contributed by atoms with Crippen molar-refractivity contribution < 1.29 is 8.42 Å². The first-order chi connectivity index (χ1) is 8.79. The Bertz CT molecular complexity index is 481. The Kier molecular flexibility index (Phi) is 5.97. The van der Waals surface area contributed by atoms with Gasteiger partial charge in [0.2, 0.25) is 10.0 Å². The normalized spacial score (nSPS) is 13.7. The van der Waals surface area contributed by atoms with E-state index in [4.69, 9.17) is 5.14 Å². The maximum atomic E-state index is 11.1. The van der Waals surface area contributed by atoms with Gasteiger partial charge in [0.25, 0.3) is 0 Å². The molecule has 3 N–H and O–H groups in total. The number of nitrogens with one attached hydrogen (secondary N) is 1. The van der Waals surface area contributed by atoms with E-state index in [9.17, 15) is 8.42 Å². The average molecular weight is 284 g/mol. The molecular formula is C14H24N2O2S. The lowest BCUT2D eigenvalue weighted by molar-refractivity contribution is 0.450. The molecule has 5 heteroatoms. The molecule has 0 radical (unpaired) electrons. The molecule has 0 amide bonds. The van der Waals surface area contributed by atoms with E-state index in [0.29, 0.717) is 6.04 Å². The van der Waals surface area contributed by atoms with Crippen molar-refractivity contribution in [3.8, 4) is 0 Å². The van der Waals surface area contributed by atoms with Crippen LogP contribution in [0.2, 0.25) is 0 Å². The van der Waals surface area contributed by atoms with Crippen molar-refractivity contribution in [3.63, 3.8) is 0 Å². The fraction of sp³-hybridized carbons (Fsp3) is 0.571. The summed E-state index contributed by atoms with van der Waals surface area (Å²) in [5.41, 5.74) is 1.06. The molecule has 1 aromatic carbocycles. The third kappa shape index (κ3) is 6.18. The van der Waals surface area contributed by atoms with Gasteiger partial charge < -0.3 is 5.32 Å². The van der Waals surface area contributed by atoms with Crippen LogP contribution < -0.4 is 10.5 Å². The summed E-state index contributed by atoms with van der Waals surface area (Å²) in [6.45, 7) is 7.35. The second-order valence-corrected chi connectivity index (χ2v) is 7.00. The van der Waals surface area contributed by atoms with E-state index in [-0.39, 0.29) is 4.90 Å². The van der Waals surface area contributed by atoms with Crippen LogP contribution >= 0.6 is 0 Å². The number of rotatable bonds is 7. The molecular weight excluding hydrogens is 260 g/mol. The highest BCUT2D eigenvalue weighted by molar-refractivity contribution is 7.89. The van der Waals surface area contributed by atoms with Gasteiger partial charge in [-0.1, -0.05) is 26.0 Å². The molecule has 0 aromatic heterocycles. The zero-order valence-corrected chi connectivity index (χ0v) is 12.7. The molecule has 1 unspecified atom stereocenters. The van der Waals surface area contributed by atoms with Crippen molar-refractivity contribution in [3.05, 3.63) is 29.8 Å². The fourth-order valence-electron chi connectivity index (χ4n) is 1.77. The van der Waals surface area contributed by atoms with Crippen molar-refractivity contribution in [2.75, 3.05) is 0 Å². The summed E-state index contributed by atoms with van der Waals surface area (Å²) in [5, 5.41) is 8.49. The Labute approximate surface area is 116 Å². The van der Waals surface area contributed by atoms with Gasteiger partial charge in [-0.25, -0.2) is 13.6 Å². The predicted molar refractivity (Wildman–Crippen MR) is 78.2 cm³/mol. The van der Waals surface area contributed by atoms with Crippen LogP contribution in [0.5, 0.6) is 0 Å². The van der Waals surface area contributed by atoms with Gasteiger partial charge in [-0.05, 0) is 43.4 Å². The molecule has 0 fully saturated rings. The summed E-state index contributed by atoms with van der Waals surface area (Å²) in [5.74, 6) is 0.721. The van der Waals surface area contributed by atoms with Crippen molar-refractivity contribution in [2.24, 2.45) is 11.1 Å². The molecule has 108 valence electrons. The summed E-state index contributed by atoms with van der Waals surface area (Å²) in [6, 6.07) is 7.14. The summed E-state index contributed by atoms with van der Waals surface area (Å²) >= 11 is 0. The number of sulfonamides is 1. The minimum Gasteiger partial charge on any atom is -0.310 e. The topological polar surface area (TPSA) is 72.2 Å². The van der Waals surface area contributed by atoms with Gasteiger partial charge in [-0.2, -0.15) is 0 Å². The maximum Gasteiger partial charge on any atom is 0.238 e. The zero-order chi connectivity index (χ0) is 14.5. The average Bonchev–Trinajstić information content (AvgIpc) is 2.33. The van der Waals surface area contributed by atoms with Crippen LogP contribution in [0, 0.1) is 5.92 Å². The Hall–Kier alpha value is -0.910. The van der Waals surface area contributed by atoms with Crippen LogP contribution in [0.15, 0.2) is 29.2 Å². The lowest BCUT2D eigenvalue weighted by Gasteiger charge is -2.15. The summed E-state index contributed by atoms with van der Waals surface area (Å²) in [6.07, 6.45) is 2.35. The number of benzene rings is 1. The molecule has 1 rings (SSSR count). The Morgan fingerprint density at radius 2 is 1.68 bits per heavy atom. The van der Waals surface area contributed by atoms with Crippen molar-refractivity contribution in [1.29, 1.82) is 0 Å². The first kappa shape index (κ1) is 16.1. The number of primary sulfonamides is 1. The van der Waals surface area contributed by atoms with E-state index < -0.39 is 10.0 Å². The Balaban J connectivity index is 2.46. The van der Waals surface area contributed by atoms with Gasteiger partial charge in [0.15, 0.2) is 0 Å². The first-order valence-electron chi connectivity index (χ1n) is 6.64. The highest BCUT2D eigenvalue weighted by Crippen LogP contribution is 2.10. The van der Waals surface area contributed by atoms with Crippen LogP contribution in [-0.4, -0.2) is 14.5 Å². The van der Waals surface area contributed by atoms with Crippen LogP contribution in [0.3, 0.4) is 0 Å². The molecule has 0 saturated heterocycles. The van der Waals surface area contributed by atoms with E-state index in [1.165, 1.54) is 6.42 Å². The SMILES string of the molecule is CC(C)CCC(C)NCc1ccc(S(N)(=O)=O)cc1.